The fourth-order valence-electron chi connectivity index (χ4n) is 2.86. The van der Waals surface area contributed by atoms with Gasteiger partial charge in [-0.15, -0.1) is 0 Å². The van der Waals surface area contributed by atoms with Crippen LogP contribution in [-0.2, 0) is 0 Å². The lowest BCUT2D eigenvalue weighted by Gasteiger charge is -2.24. The number of benzene rings is 1. The zero-order valence-corrected chi connectivity index (χ0v) is 12.4. The summed E-state index contributed by atoms with van der Waals surface area (Å²) in [5.41, 5.74) is 1.38. The molecule has 0 amide bonds. The van der Waals surface area contributed by atoms with E-state index >= 15 is 0 Å². The zero-order chi connectivity index (χ0) is 14.5. The minimum atomic E-state index is 0.465. The predicted octanol–water partition coefficient (Wildman–Crippen LogP) is 2.94. The molecule has 4 nitrogen and oxygen atoms in total. The molecule has 1 aliphatic rings. The zero-order valence-electron chi connectivity index (χ0n) is 12.4. The van der Waals surface area contributed by atoms with Gasteiger partial charge in [0.05, 0.1) is 12.8 Å². The number of aromatic nitrogens is 2. The molecule has 21 heavy (non-hydrogen) atoms. The van der Waals surface area contributed by atoms with Crippen molar-refractivity contribution < 1.29 is 4.74 Å². The lowest BCUT2D eigenvalue weighted by atomic mass is 10.1. The Bertz CT molecular complexity index is 546. The van der Waals surface area contributed by atoms with Gasteiger partial charge in [-0.1, -0.05) is 30.3 Å². The van der Waals surface area contributed by atoms with Crippen molar-refractivity contribution in [3.05, 3.63) is 54.5 Å². The van der Waals surface area contributed by atoms with Crippen LogP contribution in [0.5, 0.6) is 5.88 Å². The second-order valence-electron chi connectivity index (χ2n) is 5.59. The molecule has 1 aromatic heterocycles. The monoisotopic (exact) mass is 283 g/mol. The Balaban J connectivity index is 1.51. The maximum Gasteiger partial charge on any atom is 0.232 e. The lowest BCUT2D eigenvalue weighted by molar-refractivity contribution is 0.213. The molecular formula is C17H21N3O. The van der Waals surface area contributed by atoms with Gasteiger partial charge in [0.2, 0.25) is 5.88 Å². The molecule has 1 saturated heterocycles. The van der Waals surface area contributed by atoms with Crippen LogP contribution in [0, 0.1) is 5.92 Å². The first kappa shape index (κ1) is 14.0. The van der Waals surface area contributed by atoms with Crippen molar-refractivity contribution in [2.75, 3.05) is 19.7 Å². The molecule has 1 aromatic carbocycles. The number of hydrogen-bond donors (Lipinski definition) is 0. The molecule has 1 aliphatic heterocycles. The summed E-state index contributed by atoms with van der Waals surface area (Å²) in [4.78, 5) is 10.7. The summed E-state index contributed by atoms with van der Waals surface area (Å²) in [7, 11) is 0. The smallest absolute Gasteiger partial charge is 0.232 e. The van der Waals surface area contributed by atoms with Crippen molar-refractivity contribution in [2.45, 2.75) is 19.4 Å². The highest BCUT2D eigenvalue weighted by Crippen LogP contribution is 2.27. The molecule has 2 heterocycles. The first-order valence-corrected chi connectivity index (χ1v) is 7.51. The third kappa shape index (κ3) is 3.58. The topological polar surface area (TPSA) is 38.2 Å². The van der Waals surface area contributed by atoms with E-state index in [0.29, 0.717) is 17.8 Å². The summed E-state index contributed by atoms with van der Waals surface area (Å²) in [6, 6.07) is 11.2. The molecular weight excluding hydrogens is 262 g/mol. The largest absolute Gasteiger partial charge is 0.476 e. The maximum atomic E-state index is 5.72. The van der Waals surface area contributed by atoms with Gasteiger partial charge in [-0.2, -0.15) is 0 Å². The number of ether oxygens (including phenoxy) is 1. The van der Waals surface area contributed by atoms with Crippen LogP contribution in [0.25, 0.3) is 0 Å². The van der Waals surface area contributed by atoms with Crippen LogP contribution in [0.15, 0.2) is 48.9 Å². The van der Waals surface area contributed by atoms with E-state index in [-0.39, 0.29) is 0 Å². The van der Waals surface area contributed by atoms with E-state index in [1.165, 1.54) is 12.0 Å². The van der Waals surface area contributed by atoms with Gasteiger partial charge in [-0.05, 0) is 25.5 Å². The van der Waals surface area contributed by atoms with Gasteiger partial charge in [0.25, 0.3) is 0 Å². The highest BCUT2D eigenvalue weighted by molar-refractivity contribution is 5.18. The van der Waals surface area contributed by atoms with Crippen LogP contribution in [0.4, 0.5) is 0 Å². The highest BCUT2D eigenvalue weighted by atomic mass is 16.5. The quantitative estimate of drug-likeness (QED) is 0.845. The molecule has 3 rings (SSSR count). The Morgan fingerprint density at radius 1 is 1.29 bits per heavy atom. The SMILES string of the molecule is CC(c1ccccc1)N1CCC(COc2cnccn2)C1. The summed E-state index contributed by atoms with van der Waals surface area (Å²) < 4.78 is 5.72. The van der Waals surface area contributed by atoms with E-state index in [1.54, 1.807) is 18.6 Å². The lowest BCUT2D eigenvalue weighted by Crippen LogP contribution is -2.25. The third-order valence-corrected chi connectivity index (χ3v) is 4.15. The van der Waals surface area contributed by atoms with Crippen molar-refractivity contribution in [3.8, 4) is 5.88 Å². The van der Waals surface area contributed by atoms with Crippen molar-refractivity contribution >= 4 is 0 Å². The Morgan fingerprint density at radius 2 is 2.14 bits per heavy atom. The number of nitrogens with zero attached hydrogens (tertiary/aromatic N) is 3. The first-order chi connectivity index (χ1) is 10.3. The molecule has 2 unspecified atom stereocenters. The molecule has 2 aromatic rings. The standard InChI is InChI=1S/C17H21N3O/c1-14(16-5-3-2-4-6-16)20-10-7-15(12-20)13-21-17-11-18-8-9-19-17/h2-6,8-9,11,14-15H,7,10,12-13H2,1H3. The van der Waals surface area contributed by atoms with Crippen molar-refractivity contribution in [3.63, 3.8) is 0 Å². The van der Waals surface area contributed by atoms with E-state index in [4.69, 9.17) is 4.74 Å². The molecule has 0 saturated carbocycles. The highest BCUT2D eigenvalue weighted by Gasteiger charge is 2.27. The van der Waals surface area contributed by atoms with Crippen LogP contribution >= 0.6 is 0 Å². The Kier molecular flexibility index (Phi) is 4.46. The van der Waals surface area contributed by atoms with E-state index < -0.39 is 0 Å². The molecule has 4 heteroatoms. The molecule has 0 N–H and O–H groups in total. The summed E-state index contributed by atoms with van der Waals surface area (Å²) in [5.74, 6) is 1.19. The van der Waals surface area contributed by atoms with E-state index in [2.05, 4.69) is 52.1 Å². The molecule has 2 atom stereocenters. The second-order valence-corrected chi connectivity index (χ2v) is 5.59. The van der Waals surface area contributed by atoms with Gasteiger partial charge in [0, 0.05) is 30.9 Å². The molecule has 0 bridgehead atoms. The molecule has 0 radical (unpaired) electrons. The van der Waals surface area contributed by atoms with Gasteiger partial charge >= 0.3 is 0 Å². The van der Waals surface area contributed by atoms with E-state index in [0.717, 1.165) is 19.7 Å². The van der Waals surface area contributed by atoms with Gasteiger partial charge < -0.3 is 4.74 Å². The molecule has 0 aliphatic carbocycles. The van der Waals surface area contributed by atoms with Crippen LogP contribution < -0.4 is 4.74 Å². The maximum absolute atomic E-state index is 5.72. The van der Waals surface area contributed by atoms with Crippen molar-refractivity contribution in [2.24, 2.45) is 5.92 Å². The van der Waals surface area contributed by atoms with Crippen LogP contribution in [0.3, 0.4) is 0 Å². The van der Waals surface area contributed by atoms with Crippen molar-refractivity contribution in [1.29, 1.82) is 0 Å². The molecule has 1 fully saturated rings. The predicted molar refractivity (Wildman–Crippen MR) is 82.1 cm³/mol. The van der Waals surface area contributed by atoms with Crippen LogP contribution in [0.2, 0.25) is 0 Å². The third-order valence-electron chi connectivity index (χ3n) is 4.15. The number of rotatable bonds is 5. The minimum Gasteiger partial charge on any atom is -0.476 e. The number of likely N-dealkylation sites (tertiary alicyclic amines) is 1. The average Bonchev–Trinajstić information content (AvgIpc) is 3.03. The van der Waals surface area contributed by atoms with E-state index in [9.17, 15) is 0 Å². The van der Waals surface area contributed by atoms with E-state index in [1.807, 2.05) is 0 Å². The average molecular weight is 283 g/mol. The Morgan fingerprint density at radius 3 is 2.90 bits per heavy atom. The summed E-state index contributed by atoms with van der Waals surface area (Å²) in [6.07, 6.45) is 6.16. The summed E-state index contributed by atoms with van der Waals surface area (Å²) in [6.45, 7) is 5.21. The van der Waals surface area contributed by atoms with Gasteiger partial charge in [0.1, 0.15) is 0 Å². The van der Waals surface area contributed by atoms with Crippen molar-refractivity contribution in [1.82, 2.24) is 14.9 Å². The second kappa shape index (κ2) is 6.68. The first-order valence-electron chi connectivity index (χ1n) is 7.51. The fourth-order valence-corrected chi connectivity index (χ4v) is 2.86. The normalized spacial score (nSPS) is 20.3. The minimum absolute atomic E-state index is 0.465. The van der Waals surface area contributed by atoms with Gasteiger partial charge in [-0.25, -0.2) is 4.98 Å². The Labute approximate surface area is 125 Å². The van der Waals surface area contributed by atoms with Gasteiger partial charge in [-0.3, -0.25) is 9.88 Å². The molecule has 0 spiro atoms. The molecule has 110 valence electrons. The van der Waals surface area contributed by atoms with Gasteiger partial charge in [0.15, 0.2) is 0 Å². The number of hydrogen-bond acceptors (Lipinski definition) is 4. The fraction of sp³-hybridized carbons (Fsp3) is 0.412. The van der Waals surface area contributed by atoms with Crippen LogP contribution in [-0.4, -0.2) is 34.6 Å². The Hall–Kier alpha value is -1.94. The van der Waals surface area contributed by atoms with Crippen LogP contribution in [0.1, 0.15) is 24.9 Å². The summed E-state index contributed by atoms with van der Waals surface area (Å²) >= 11 is 0. The summed E-state index contributed by atoms with van der Waals surface area (Å²) in [5, 5.41) is 0.